The lowest BCUT2D eigenvalue weighted by Gasteiger charge is -2.19. The molecule has 0 radical (unpaired) electrons. The fourth-order valence-electron chi connectivity index (χ4n) is 2.60. The molecule has 4 nitrogen and oxygen atoms in total. The van der Waals surface area contributed by atoms with Gasteiger partial charge in [-0.1, -0.05) is 0 Å². The molecule has 3 heterocycles. The molecule has 0 saturated carbocycles. The van der Waals surface area contributed by atoms with Crippen LogP contribution in [0.2, 0.25) is 0 Å². The van der Waals surface area contributed by atoms with Crippen molar-refractivity contribution in [2.75, 3.05) is 24.6 Å². The summed E-state index contributed by atoms with van der Waals surface area (Å²) in [6.45, 7) is 3.35. The average Bonchev–Trinajstić information content (AvgIpc) is 2.67. The highest BCUT2D eigenvalue weighted by Crippen LogP contribution is 2.23. The van der Waals surface area contributed by atoms with Crippen LogP contribution in [0.3, 0.4) is 0 Å². The molecule has 0 N–H and O–H groups in total. The first-order chi connectivity index (χ1) is 9.83. The third-order valence-corrected chi connectivity index (χ3v) is 4.60. The molecule has 0 aliphatic carbocycles. The summed E-state index contributed by atoms with van der Waals surface area (Å²) in [5.74, 6) is 2.53. The minimum atomic E-state index is 0.985. The topological polar surface area (TPSA) is 34.0 Å². The second kappa shape index (κ2) is 6.41. The van der Waals surface area contributed by atoms with Gasteiger partial charge in [-0.3, -0.25) is 14.6 Å². The lowest BCUT2D eigenvalue weighted by atomic mass is 10.1. The Balaban J connectivity index is 1.82. The van der Waals surface area contributed by atoms with Crippen molar-refractivity contribution < 1.29 is 0 Å². The van der Waals surface area contributed by atoms with Crippen molar-refractivity contribution in [3.63, 3.8) is 0 Å². The number of rotatable bonds is 3. The first-order valence-corrected chi connectivity index (χ1v) is 8.21. The van der Waals surface area contributed by atoms with E-state index < -0.39 is 0 Å². The Hall–Kier alpha value is -1.33. The Morgan fingerprint density at radius 3 is 3.10 bits per heavy atom. The monoisotopic (exact) mass is 288 g/mol. The molecule has 2 aromatic heterocycles. The van der Waals surface area contributed by atoms with E-state index in [0.717, 1.165) is 17.8 Å². The van der Waals surface area contributed by atoms with Crippen molar-refractivity contribution >= 4 is 11.8 Å². The summed E-state index contributed by atoms with van der Waals surface area (Å²) in [6.07, 6.45) is 7.12. The van der Waals surface area contributed by atoms with Crippen LogP contribution in [-0.2, 0) is 13.6 Å². The van der Waals surface area contributed by atoms with Gasteiger partial charge in [0.2, 0.25) is 0 Å². The summed E-state index contributed by atoms with van der Waals surface area (Å²) in [4.78, 5) is 6.75. The number of thioether (sulfide) groups is 1. The summed E-state index contributed by atoms with van der Waals surface area (Å²) in [5, 5.41) is 4.61. The van der Waals surface area contributed by atoms with Crippen LogP contribution in [-0.4, -0.2) is 44.3 Å². The van der Waals surface area contributed by atoms with E-state index in [1.54, 1.807) is 6.20 Å². The van der Waals surface area contributed by atoms with Crippen LogP contribution in [0, 0.1) is 0 Å². The number of aryl methyl sites for hydroxylation is 1. The predicted octanol–water partition coefficient (Wildman–Crippen LogP) is 2.42. The van der Waals surface area contributed by atoms with Gasteiger partial charge in [0.05, 0.1) is 5.69 Å². The van der Waals surface area contributed by atoms with E-state index in [0.29, 0.717) is 0 Å². The Kier molecular flexibility index (Phi) is 4.38. The molecule has 1 saturated heterocycles. The highest BCUT2D eigenvalue weighted by Gasteiger charge is 2.15. The summed E-state index contributed by atoms with van der Waals surface area (Å²) in [5.41, 5.74) is 3.47. The van der Waals surface area contributed by atoms with Crippen LogP contribution in [0.25, 0.3) is 11.3 Å². The molecule has 3 rings (SSSR count). The third kappa shape index (κ3) is 3.22. The van der Waals surface area contributed by atoms with Crippen molar-refractivity contribution in [1.29, 1.82) is 0 Å². The normalized spacial score (nSPS) is 17.1. The van der Waals surface area contributed by atoms with Gasteiger partial charge in [-0.15, -0.1) is 0 Å². The second-order valence-corrected chi connectivity index (χ2v) is 6.39. The largest absolute Gasteiger partial charge is 0.298 e. The number of hydrogen-bond donors (Lipinski definition) is 0. The molecule has 0 amide bonds. The number of pyridine rings is 1. The Morgan fingerprint density at radius 2 is 2.25 bits per heavy atom. The van der Waals surface area contributed by atoms with Crippen molar-refractivity contribution in [2.24, 2.45) is 7.05 Å². The number of hydrogen-bond acceptors (Lipinski definition) is 4. The maximum absolute atomic E-state index is 4.61. The van der Waals surface area contributed by atoms with E-state index >= 15 is 0 Å². The smallest absolute Gasteiger partial charge is 0.0983 e. The zero-order chi connectivity index (χ0) is 13.8. The van der Waals surface area contributed by atoms with Crippen LogP contribution >= 0.6 is 11.8 Å². The van der Waals surface area contributed by atoms with Gasteiger partial charge in [-0.25, -0.2) is 0 Å². The van der Waals surface area contributed by atoms with E-state index in [2.05, 4.69) is 39.0 Å². The van der Waals surface area contributed by atoms with Crippen LogP contribution in [0.15, 0.2) is 30.7 Å². The summed E-state index contributed by atoms with van der Waals surface area (Å²) < 4.78 is 1.91. The standard InChI is InChI=1S/C15H20N4S/c1-18-11-14(12-19-6-3-8-20-9-7-19)15(17-18)13-4-2-5-16-10-13/h2,4-5,10-11H,3,6-9,12H2,1H3. The lowest BCUT2D eigenvalue weighted by molar-refractivity contribution is 0.288. The lowest BCUT2D eigenvalue weighted by Crippen LogP contribution is -2.25. The van der Waals surface area contributed by atoms with Gasteiger partial charge in [0.25, 0.3) is 0 Å². The molecular weight excluding hydrogens is 268 g/mol. The quantitative estimate of drug-likeness (QED) is 0.868. The summed E-state index contributed by atoms with van der Waals surface area (Å²) in [6, 6.07) is 4.05. The molecule has 2 aromatic rings. The first-order valence-electron chi connectivity index (χ1n) is 7.06. The molecule has 1 fully saturated rings. The van der Waals surface area contributed by atoms with Crippen molar-refractivity contribution in [2.45, 2.75) is 13.0 Å². The number of aromatic nitrogens is 3. The maximum atomic E-state index is 4.61. The Morgan fingerprint density at radius 1 is 1.30 bits per heavy atom. The van der Waals surface area contributed by atoms with Gasteiger partial charge in [0.1, 0.15) is 0 Å². The van der Waals surface area contributed by atoms with E-state index in [9.17, 15) is 0 Å². The summed E-state index contributed by atoms with van der Waals surface area (Å²) in [7, 11) is 1.99. The highest BCUT2D eigenvalue weighted by atomic mass is 32.2. The van der Waals surface area contributed by atoms with E-state index in [-0.39, 0.29) is 0 Å². The van der Waals surface area contributed by atoms with Gasteiger partial charge in [0, 0.05) is 55.6 Å². The zero-order valence-electron chi connectivity index (χ0n) is 11.8. The molecule has 0 bridgehead atoms. The van der Waals surface area contributed by atoms with Crippen LogP contribution in [0.1, 0.15) is 12.0 Å². The van der Waals surface area contributed by atoms with E-state index in [1.807, 2.05) is 24.0 Å². The molecule has 20 heavy (non-hydrogen) atoms. The van der Waals surface area contributed by atoms with Crippen LogP contribution in [0.5, 0.6) is 0 Å². The van der Waals surface area contributed by atoms with E-state index in [1.165, 1.54) is 36.6 Å². The van der Waals surface area contributed by atoms with Gasteiger partial charge >= 0.3 is 0 Å². The van der Waals surface area contributed by atoms with Gasteiger partial charge in [0.15, 0.2) is 0 Å². The van der Waals surface area contributed by atoms with E-state index in [4.69, 9.17) is 0 Å². The minimum Gasteiger partial charge on any atom is -0.298 e. The Bertz CT molecular complexity index is 544. The fraction of sp³-hybridized carbons (Fsp3) is 0.467. The first kappa shape index (κ1) is 13.6. The second-order valence-electron chi connectivity index (χ2n) is 5.16. The maximum Gasteiger partial charge on any atom is 0.0983 e. The SMILES string of the molecule is Cn1cc(CN2CCCSCC2)c(-c2cccnc2)n1. The summed E-state index contributed by atoms with van der Waals surface area (Å²) >= 11 is 2.06. The van der Waals surface area contributed by atoms with Crippen molar-refractivity contribution in [1.82, 2.24) is 19.7 Å². The molecule has 0 atom stereocenters. The molecule has 0 aromatic carbocycles. The minimum absolute atomic E-state index is 0.985. The molecular formula is C15H20N4S. The average molecular weight is 288 g/mol. The van der Waals surface area contributed by atoms with Crippen LogP contribution < -0.4 is 0 Å². The molecule has 106 valence electrons. The van der Waals surface area contributed by atoms with Crippen molar-refractivity contribution in [3.8, 4) is 11.3 Å². The van der Waals surface area contributed by atoms with Crippen molar-refractivity contribution in [3.05, 3.63) is 36.3 Å². The van der Waals surface area contributed by atoms with Gasteiger partial charge in [-0.2, -0.15) is 16.9 Å². The predicted molar refractivity (Wildman–Crippen MR) is 83.7 cm³/mol. The third-order valence-electron chi connectivity index (χ3n) is 3.55. The molecule has 0 unspecified atom stereocenters. The molecule has 1 aliphatic heterocycles. The highest BCUT2D eigenvalue weighted by molar-refractivity contribution is 7.99. The number of nitrogens with zero attached hydrogens (tertiary/aromatic N) is 4. The Labute approximate surface area is 124 Å². The molecule has 5 heteroatoms. The van der Waals surface area contributed by atoms with Gasteiger partial charge < -0.3 is 0 Å². The zero-order valence-corrected chi connectivity index (χ0v) is 12.6. The molecule has 0 spiro atoms. The van der Waals surface area contributed by atoms with Gasteiger partial charge in [-0.05, 0) is 30.9 Å². The molecule has 1 aliphatic rings. The fourth-order valence-corrected chi connectivity index (χ4v) is 3.52. The van der Waals surface area contributed by atoms with Crippen LogP contribution in [0.4, 0.5) is 0 Å².